The maximum absolute atomic E-state index is 12.6. The predicted molar refractivity (Wildman–Crippen MR) is 152 cm³/mol. The molecule has 0 bridgehead atoms. The first-order valence-electron chi connectivity index (χ1n) is 13.8. The third-order valence-electron chi connectivity index (χ3n) is 6.40. The number of carbonyl (C=O) groups is 2. The summed E-state index contributed by atoms with van der Waals surface area (Å²) in [6.45, 7) is 6.74. The molecule has 5 nitrogen and oxygen atoms in total. The Labute approximate surface area is 227 Å². The molecule has 3 aromatic carbocycles. The Kier molecular flexibility index (Phi) is 11.9. The summed E-state index contributed by atoms with van der Waals surface area (Å²) in [5.41, 5.74) is 3.36. The molecule has 0 heterocycles. The Morgan fingerprint density at radius 1 is 0.684 bits per heavy atom. The van der Waals surface area contributed by atoms with E-state index in [0.717, 1.165) is 41.9 Å². The number of hydrogen-bond donors (Lipinski definition) is 0. The molecule has 0 spiro atoms. The Hall–Kier alpha value is -3.60. The van der Waals surface area contributed by atoms with E-state index in [0.29, 0.717) is 17.7 Å². The van der Waals surface area contributed by atoms with Crippen molar-refractivity contribution in [1.82, 2.24) is 0 Å². The van der Waals surface area contributed by atoms with Crippen LogP contribution in [0.4, 0.5) is 0 Å². The van der Waals surface area contributed by atoms with Crippen molar-refractivity contribution in [2.75, 3.05) is 6.61 Å². The molecule has 38 heavy (non-hydrogen) atoms. The lowest BCUT2D eigenvalue weighted by molar-refractivity contribution is -0.148. The molecule has 3 aromatic rings. The van der Waals surface area contributed by atoms with E-state index in [1.807, 2.05) is 50.2 Å². The van der Waals surface area contributed by atoms with Crippen molar-refractivity contribution in [3.05, 3.63) is 83.9 Å². The highest BCUT2D eigenvalue weighted by atomic mass is 16.5. The van der Waals surface area contributed by atoms with E-state index in [9.17, 15) is 9.59 Å². The fourth-order valence-electron chi connectivity index (χ4n) is 4.12. The topological polar surface area (TPSA) is 61.8 Å². The van der Waals surface area contributed by atoms with Gasteiger partial charge in [0.2, 0.25) is 0 Å². The zero-order valence-electron chi connectivity index (χ0n) is 22.9. The molecule has 5 heteroatoms. The molecule has 1 unspecified atom stereocenters. The summed E-state index contributed by atoms with van der Waals surface area (Å²) in [5, 5.41) is 0. The van der Waals surface area contributed by atoms with Gasteiger partial charge in [-0.05, 0) is 72.9 Å². The van der Waals surface area contributed by atoms with Crippen molar-refractivity contribution in [2.45, 2.75) is 78.2 Å². The van der Waals surface area contributed by atoms with Crippen molar-refractivity contribution in [1.29, 1.82) is 0 Å². The highest BCUT2D eigenvalue weighted by Gasteiger charge is 2.14. The van der Waals surface area contributed by atoms with E-state index < -0.39 is 5.97 Å². The van der Waals surface area contributed by atoms with E-state index in [1.54, 1.807) is 36.4 Å². The van der Waals surface area contributed by atoms with Gasteiger partial charge in [-0.25, -0.2) is 4.79 Å². The first-order valence-corrected chi connectivity index (χ1v) is 13.8. The molecular weight excluding hydrogens is 476 g/mol. The number of carbonyl (C=O) groups excluding carboxylic acids is 2. The Bertz CT molecular complexity index is 1120. The normalized spacial score (nSPS) is 11.6. The van der Waals surface area contributed by atoms with Crippen LogP contribution in [0.25, 0.3) is 11.1 Å². The van der Waals surface area contributed by atoms with Crippen LogP contribution < -0.4 is 9.47 Å². The minimum atomic E-state index is -0.438. The summed E-state index contributed by atoms with van der Waals surface area (Å²) in [4.78, 5) is 24.3. The lowest BCUT2D eigenvalue weighted by atomic mass is 10.1. The lowest BCUT2D eigenvalue weighted by Crippen LogP contribution is -2.10. The first-order chi connectivity index (χ1) is 18.5. The van der Waals surface area contributed by atoms with Crippen LogP contribution in [0.3, 0.4) is 0 Å². The molecule has 0 aromatic heterocycles. The second-order valence-corrected chi connectivity index (χ2v) is 9.56. The largest absolute Gasteiger partial charge is 0.494 e. The van der Waals surface area contributed by atoms with Crippen LogP contribution in [0.5, 0.6) is 11.5 Å². The molecule has 0 aliphatic heterocycles. The lowest BCUT2D eigenvalue weighted by Gasteiger charge is -2.14. The van der Waals surface area contributed by atoms with Crippen molar-refractivity contribution in [3.63, 3.8) is 0 Å². The van der Waals surface area contributed by atoms with Crippen molar-refractivity contribution in [3.8, 4) is 22.6 Å². The first kappa shape index (κ1) is 29.0. The van der Waals surface area contributed by atoms with Crippen LogP contribution in [0.1, 0.15) is 94.2 Å². The summed E-state index contributed by atoms with van der Waals surface area (Å²) in [5.74, 6) is 0.697. The van der Waals surface area contributed by atoms with Gasteiger partial charge in [-0.1, -0.05) is 82.3 Å². The third-order valence-corrected chi connectivity index (χ3v) is 6.40. The molecule has 0 aliphatic rings. The summed E-state index contributed by atoms with van der Waals surface area (Å²) >= 11 is 0. The fourth-order valence-corrected chi connectivity index (χ4v) is 4.12. The van der Waals surface area contributed by atoms with Gasteiger partial charge in [0.1, 0.15) is 17.6 Å². The summed E-state index contributed by atoms with van der Waals surface area (Å²) in [6.07, 6.45) is 8.27. The average Bonchev–Trinajstić information content (AvgIpc) is 2.93. The van der Waals surface area contributed by atoms with Gasteiger partial charge in [0.05, 0.1) is 12.2 Å². The molecule has 0 aliphatic carbocycles. The molecule has 0 saturated heterocycles. The molecular formula is C33H40O5. The Balaban J connectivity index is 1.47. The fraction of sp³-hybridized carbons (Fsp3) is 0.394. The van der Waals surface area contributed by atoms with E-state index >= 15 is 0 Å². The Morgan fingerprint density at radius 3 is 1.87 bits per heavy atom. The molecule has 0 N–H and O–H groups in total. The highest BCUT2D eigenvalue weighted by Crippen LogP contribution is 2.26. The summed E-state index contributed by atoms with van der Waals surface area (Å²) in [7, 11) is 0. The highest BCUT2D eigenvalue weighted by molar-refractivity contribution is 5.91. The van der Waals surface area contributed by atoms with Crippen LogP contribution in [0, 0.1) is 0 Å². The molecule has 0 fully saturated rings. The molecule has 0 amide bonds. The van der Waals surface area contributed by atoms with Gasteiger partial charge in [-0.2, -0.15) is 0 Å². The number of benzene rings is 3. The SMILES string of the molecule is CCCCCCCCOc1ccc(-c2ccc(OC(=O)c3ccc(C(C)OC(=O)CCC)cc3)cc2)cc1. The third kappa shape index (κ3) is 9.37. The van der Waals surface area contributed by atoms with Gasteiger partial charge >= 0.3 is 11.9 Å². The minimum absolute atomic E-state index is 0.222. The van der Waals surface area contributed by atoms with Crippen LogP contribution in [-0.2, 0) is 9.53 Å². The molecule has 3 rings (SSSR count). The smallest absolute Gasteiger partial charge is 0.343 e. The maximum atomic E-state index is 12.6. The van der Waals surface area contributed by atoms with Gasteiger partial charge in [-0.15, -0.1) is 0 Å². The second-order valence-electron chi connectivity index (χ2n) is 9.56. The quantitative estimate of drug-likeness (QED) is 0.115. The number of esters is 2. The van der Waals surface area contributed by atoms with Crippen molar-refractivity contribution < 1.29 is 23.8 Å². The zero-order valence-corrected chi connectivity index (χ0v) is 22.9. The number of unbranched alkanes of at least 4 members (excludes halogenated alkanes) is 5. The average molecular weight is 517 g/mol. The molecule has 0 radical (unpaired) electrons. The van der Waals surface area contributed by atoms with Gasteiger partial charge < -0.3 is 14.2 Å². The van der Waals surface area contributed by atoms with Crippen molar-refractivity contribution >= 4 is 11.9 Å². The van der Waals surface area contributed by atoms with Crippen LogP contribution in [0.2, 0.25) is 0 Å². The van der Waals surface area contributed by atoms with Gasteiger partial charge in [0.25, 0.3) is 0 Å². The summed E-state index contributed by atoms with van der Waals surface area (Å²) in [6, 6.07) is 22.5. The standard InChI is InChI=1S/C33H40O5/c1-4-6-7-8-9-10-24-36-30-20-16-27(17-21-30)28-18-22-31(23-19-28)38-33(35)29-14-12-26(13-15-29)25(3)37-32(34)11-5-2/h12-23,25H,4-11,24H2,1-3H3. The number of rotatable bonds is 15. The van der Waals surface area contributed by atoms with Crippen molar-refractivity contribution in [2.24, 2.45) is 0 Å². The zero-order chi connectivity index (χ0) is 27.2. The van der Waals surface area contributed by atoms with E-state index in [4.69, 9.17) is 14.2 Å². The van der Waals surface area contributed by atoms with Crippen LogP contribution in [-0.4, -0.2) is 18.5 Å². The maximum Gasteiger partial charge on any atom is 0.343 e. The van der Waals surface area contributed by atoms with Gasteiger partial charge in [0.15, 0.2) is 0 Å². The second kappa shape index (κ2) is 15.6. The van der Waals surface area contributed by atoms with E-state index in [1.165, 1.54) is 32.1 Å². The number of ether oxygens (including phenoxy) is 3. The van der Waals surface area contributed by atoms with Crippen LogP contribution >= 0.6 is 0 Å². The minimum Gasteiger partial charge on any atom is -0.494 e. The van der Waals surface area contributed by atoms with Gasteiger partial charge in [-0.3, -0.25) is 4.79 Å². The molecule has 0 saturated carbocycles. The number of hydrogen-bond acceptors (Lipinski definition) is 5. The summed E-state index contributed by atoms with van der Waals surface area (Å²) < 4.78 is 16.8. The van der Waals surface area contributed by atoms with E-state index in [-0.39, 0.29) is 12.1 Å². The van der Waals surface area contributed by atoms with E-state index in [2.05, 4.69) is 6.92 Å². The van der Waals surface area contributed by atoms with Gasteiger partial charge in [0, 0.05) is 6.42 Å². The molecule has 202 valence electrons. The monoisotopic (exact) mass is 516 g/mol. The van der Waals surface area contributed by atoms with Crippen LogP contribution in [0.15, 0.2) is 72.8 Å². The Morgan fingerprint density at radius 2 is 1.26 bits per heavy atom. The predicted octanol–water partition coefficient (Wildman–Crippen LogP) is 8.72. The molecule has 1 atom stereocenters.